The molecule has 0 aliphatic carbocycles. The fourth-order valence-corrected chi connectivity index (χ4v) is 0. The van der Waals surface area contributed by atoms with Gasteiger partial charge in [-0.1, -0.05) is 0 Å². The molecule has 0 bridgehead atoms. The van der Waals surface area contributed by atoms with Crippen LogP contribution in [0.15, 0.2) is 0 Å². The molecule has 0 saturated heterocycles. The van der Waals surface area contributed by atoms with E-state index in [1.807, 2.05) is 0 Å². The molecule has 0 atom stereocenters. The Balaban J connectivity index is -0.0000000200. The van der Waals surface area contributed by atoms with E-state index in [0.29, 0.717) is 0 Å². The molecule has 0 fully saturated rings. The van der Waals surface area contributed by atoms with Crippen molar-refractivity contribution < 1.29 is 4.16 Å². The Morgan fingerprint density at radius 2 is 1.60 bits per heavy atom. The Hall–Kier alpha value is 2.57. The van der Waals surface area contributed by atoms with Crippen molar-refractivity contribution in [2.45, 2.75) is 0 Å². The molecule has 1 N–H and O–H groups in total. The molecule has 0 aromatic carbocycles. The van der Waals surface area contributed by atoms with Crippen LogP contribution < -0.4 is 0 Å². The van der Waals surface area contributed by atoms with Crippen LogP contribution in [-0.4, -0.2) is 73.9 Å². The third-order valence-corrected chi connectivity index (χ3v) is 0. The number of rotatable bonds is 0. The molecule has 0 amide bonds. The average Bonchev–Trinajstić information content (AvgIpc) is 0.918. The molecule has 0 aromatic heterocycles. The van der Waals surface area contributed by atoms with E-state index in [4.69, 9.17) is 4.16 Å². The van der Waals surface area contributed by atoms with E-state index in [1.54, 1.807) is 0 Å². The quantitative estimate of drug-likeness (QED) is 0.434. The number of hydrogen-bond acceptors (Lipinski definition) is 1. The van der Waals surface area contributed by atoms with Crippen LogP contribution in [0.2, 0.25) is 0 Å². The van der Waals surface area contributed by atoms with Crippen LogP contribution in [0.3, 0.4) is 0 Å². The van der Waals surface area contributed by atoms with E-state index < -0.39 is 14.6 Å². The standard InChI is InChI=1S/2Al.Ca.ClH.H2O/h;;;1H;1H2/q;+2;;;/p-2. The molecule has 0 heterocycles. The molecule has 0 spiro atoms. The van der Waals surface area contributed by atoms with E-state index in [2.05, 4.69) is 10.0 Å². The Morgan fingerprint density at radius 1 is 1.60 bits per heavy atom. The van der Waals surface area contributed by atoms with Gasteiger partial charge in [-0.15, -0.1) is 0 Å². The maximum atomic E-state index is 7.42. The average molecular weight is 147 g/mol. The fourth-order valence-electron chi connectivity index (χ4n) is 0. The first kappa shape index (κ1) is 15.6. The SMILES string of the molecule is [Al].[Ca].[OH][Al][Cl]. The monoisotopic (exact) mass is 146 g/mol. The van der Waals surface area contributed by atoms with Crippen molar-refractivity contribution in [3.8, 4) is 0 Å². The van der Waals surface area contributed by atoms with Crippen LogP contribution in [0.25, 0.3) is 0 Å². The van der Waals surface area contributed by atoms with Gasteiger partial charge in [-0.3, -0.25) is 0 Å². The summed E-state index contributed by atoms with van der Waals surface area (Å²) in [4.78, 5) is 0. The van der Waals surface area contributed by atoms with Gasteiger partial charge in [0.05, 0.1) is 0 Å². The predicted octanol–water partition coefficient (Wildman–Crippen LogP) is -1.01. The van der Waals surface area contributed by atoms with Gasteiger partial charge in [0, 0.05) is 55.1 Å². The van der Waals surface area contributed by atoms with Crippen LogP contribution in [0.4, 0.5) is 0 Å². The molecule has 0 aliphatic heterocycles. The third kappa shape index (κ3) is 20.8. The summed E-state index contributed by atoms with van der Waals surface area (Å²) in [7, 11) is 4.64. The fraction of sp³-hybridized carbons (Fsp3) is 0. The first-order chi connectivity index (χ1) is 1.41. The van der Waals surface area contributed by atoms with Crippen molar-refractivity contribution >= 4 is 79.8 Å². The molecule has 6 radical (unpaired) electrons. The Labute approximate surface area is 82.5 Å². The summed E-state index contributed by atoms with van der Waals surface area (Å²) in [5.74, 6) is 0. The number of hydrogen-bond donors (Lipinski definition) is 1. The maximum Gasteiger partial charge on any atom is 0.568 e. The molecule has 0 unspecified atom stereocenters. The van der Waals surface area contributed by atoms with Crippen LogP contribution in [-0.2, 0) is 0 Å². The third-order valence-electron chi connectivity index (χ3n) is 0. The summed E-state index contributed by atoms with van der Waals surface area (Å²) >= 11 is -0.778. The minimum absolute atomic E-state index is 0. The van der Waals surface area contributed by atoms with E-state index >= 15 is 0 Å². The zero-order valence-corrected chi connectivity index (χ0v) is 7.96. The first-order valence-electron chi connectivity index (χ1n) is 0.476. The van der Waals surface area contributed by atoms with E-state index in [-0.39, 0.29) is 55.1 Å². The molecule has 0 aliphatic rings. The van der Waals surface area contributed by atoms with Gasteiger partial charge < -0.3 is 4.16 Å². The van der Waals surface area contributed by atoms with Crippen molar-refractivity contribution in [2.75, 3.05) is 0 Å². The van der Waals surface area contributed by atoms with Crippen LogP contribution in [0.5, 0.6) is 0 Å². The molecule has 5 heteroatoms. The van der Waals surface area contributed by atoms with Crippen LogP contribution in [0.1, 0.15) is 0 Å². The summed E-state index contributed by atoms with van der Waals surface area (Å²) in [5, 5.41) is 0. The van der Waals surface area contributed by atoms with Crippen LogP contribution in [0, 0.1) is 0 Å². The summed E-state index contributed by atoms with van der Waals surface area (Å²) in [6.07, 6.45) is 0. The normalized spacial score (nSPS) is 2.80. The van der Waals surface area contributed by atoms with Gasteiger partial charge in [-0.2, -0.15) is 0 Å². The zero-order valence-electron chi connectivity index (χ0n) is 2.69. The second-order valence-corrected chi connectivity index (χ2v) is 0.878. The molecule has 0 saturated carbocycles. The van der Waals surface area contributed by atoms with Gasteiger partial charge in [-0.05, 0) is 0 Å². The minimum Gasteiger partial charge on any atom is -0.510 e. The number of halogens is 1. The van der Waals surface area contributed by atoms with Crippen molar-refractivity contribution in [3.63, 3.8) is 0 Å². The van der Waals surface area contributed by atoms with Gasteiger partial charge in [0.2, 0.25) is 0 Å². The minimum atomic E-state index is -0.778. The summed E-state index contributed by atoms with van der Waals surface area (Å²) in [5.41, 5.74) is 0. The molecular formula is HAl2CaClO. The maximum absolute atomic E-state index is 7.42. The van der Waals surface area contributed by atoms with Crippen LogP contribution >= 0.6 is 10.0 Å². The van der Waals surface area contributed by atoms with Gasteiger partial charge in [0.25, 0.3) is 0 Å². The topological polar surface area (TPSA) is 20.2 Å². The van der Waals surface area contributed by atoms with Gasteiger partial charge >= 0.3 is 14.6 Å². The van der Waals surface area contributed by atoms with Crippen molar-refractivity contribution in [1.82, 2.24) is 0 Å². The van der Waals surface area contributed by atoms with Crippen molar-refractivity contribution in [3.05, 3.63) is 0 Å². The summed E-state index contributed by atoms with van der Waals surface area (Å²) in [6, 6.07) is 0. The van der Waals surface area contributed by atoms with E-state index in [0.717, 1.165) is 0 Å². The first-order valence-corrected chi connectivity index (χ1v) is 2.74. The van der Waals surface area contributed by atoms with E-state index in [1.165, 1.54) is 0 Å². The molecule has 22 valence electrons. The van der Waals surface area contributed by atoms with Crippen molar-refractivity contribution in [2.24, 2.45) is 0 Å². The largest absolute Gasteiger partial charge is 0.568 e. The molecule has 0 rings (SSSR count). The molecular weight excluding hydrogens is 145 g/mol. The van der Waals surface area contributed by atoms with Gasteiger partial charge in [0.1, 0.15) is 0 Å². The Kier molecular flexibility index (Phi) is 50.0. The predicted molar refractivity (Wildman–Crippen MR) is 25.3 cm³/mol. The summed E-state index contributed by atoms with van der Waals surface area (Å²) < 4.78 is 7.42. The second-order valence-electron chi connectivity index (χ2n) is 0.0976. The van der Waals surface area contributed by atoms with E-state index in [9.17, 15) is 0 Å². The Morgan fingerprint density at radius 3 is 1.60 bits per heavy atom. The van der Waals surface area contributed by atoms with Gasteiger partial charge in [-0.25, -0.2) is 10.0 Å². The smallest absolute Gasteiger partial charge is 0.510 e. The molecule has 0 aromatic rings. The molecule has 5 heavy (non-hydrogen) atoms. The zero-order chi connectivity index (χ0) is 2.71. The summed E-state index contributed by atoms with van der Waals surface area (Å²) in [6.45, 7) is 0. The van der Waals surface area contributed by atoms with Crippen molar-refractivity contribution in [1.29, 1.82) is 0 Å². The molecule has 1 nitrogen and oxygen atoms in total. The Bertz CT molecular complexity index is 9.61. The second kappa shape index (κ2) is 16.0. The van der Waals surface area contributed by atoms with Gasteiger partial charge in [0.15, 0.2) is 0 Å².